The highest BCUT2D eigenvalue weighted by Crippen LogP contribution is 2.27. The second-order valence-electron chi connectivity index (χ2n) is 4.66. The van der Waals surface area contributed by atoms with Crippen LogP contribution in [0, 0.1) is 17.0 Å². The predicted octanol–water partition coefficient (Wildman–Crippen LogP) is 3.49. The standard InChI is InChI=1S/C14H13BrN2O4S/c1-10-8-11(6-7-14(10)15)16(2)22(20,21)13-5-3-4-12(9-13)17(18)19/h3-9H,1-2H3. The zero-order valence-corrected chi connectivity index (χ0v) is 14.3. The van der Waals surface area contributed by atoms with Crippen molar-refractivity contribution >= 4 is 37.3 Å². The van der Waals surface area contributed by atoms with E-state index in [1.54, 1.807) is 18.2 Å². The first-order valence-corrected chi connectivity index (χ1v) is 8.46. The first kappa shape index (κ1) is 16.4. The number of benzene rings is 2. The van der Waals surface area contributed by atoms with Gasteiger partial charge >= 0.3 is 0 Å². The summed E-state index contributed by atoms with van der Waals surface area (Å²) in [5.41, 5.74) is 1.10. The van der Waals surface area contributed by atoms with E-state index in [4.69, 9.17) is 0 Å². The summed E-state index contributed by atoms with van der Waals surface area (Å²) in [4.78, 5) is 10.1. The van der Waals surface area contributed by atoms with Crippen LogP contribution >= 0.6 is 15.9 Å². The molecule has 0 saturated carbocycles. The van der Waals surface area contributed by atoms with Crippen LogP contribution in [0.5, 0.6) is 0 Å². The van der Waals surface area contributed by atoms with Gasteiger partial charge in [-0.3, -0.25) is 14.4 Å². The molecule has 8 heteroatoms. The summed E-state index contributed by atoms with van der Waals surface area (Å²) in [7, 11) is -2.45. The Morgan fingerprint density at radius 1 is 1.18 bits per heavy atom. The Hall–Kier alpha value is -1.93. The summed E-state index contributed by atoms with van der Waals surface area (Å²) in [6.45, 7) is 1.85. The molecule has 0 atom stereocenters. The fraction of sp³-hybridized carbons (Fsp3) is 0.143. The Morgan fingerprint density at radius 2 is 1.86 bits per heavy atom. The lowest BCUT2D eigenvalue weighted by molar-refractivity contribution is -0.385. The Labute approximate surface area is 136 Å². The molecule has 6 nitrogen and oxygen atoms in total. The van der Waals surface area contributed by atoms with E-state index in [9.17, 15) is 18.5 Å². The van der Waals surface area contributed by atoms with E-state index in [1.165, 1.54) is 25.2 Å². The van der Waals surface area contributed by atoms with Gasteiger partial charge in [0.15, 0.2) is 0 Å². The zero-order chi connectivity index (χ0) is 16.5. The second-order valence-corrected chi connectivity index (χ2v) is 7.48. The van der Waals surface area contributed by atoms with E-state index in [0.717, 1.165) is 20.4 Å². The highest BCUT2D eigenvalue weighted by Gasteiger charge is 2.23. The molecule has 0 spiro atoms. The van der Waals surface area contributed by atoms with Crippen LogP contribution in [0.1, 0.15) is 5.56 Å². The van der Waals surface area contributed by atoms with Crippen LogP contribution in [0.15, 0.2) is 51.8 Å². The molecule has 2 rings (SSSR count). The maximum absolute atomic E-state index is 12.6. The fourth-order valence-electron chi connectivity index (χ4n) is 1.88. The van der Waals surface area contributed by atoms with E-state index in [1.807, 2.05) is 6.92 Å². The third-order valence-corrected chi connectivity index (χ3v) is 5.86. The van der Waals surface area contributed by atoms with Crippen LogP contribution in [-0.2, 0) is 10.0 Å². The fourth-order valence-corrected chi connectivity index (χ4v) is 3.35. The topological polar surface area (TPSA) is 80.5 Å². The number of nitro groups is 1. The van der Waals surface area contributed by atoms with Gasteiger partial charge in [-0.1, -0.05) is 22.0 Å². The minimum atomic E-state index is -3.86. The van der Waals surface area contributed by atoms with Gasteiger partial charge in [-0.2, -0.15) is 0 Å². The average molecular weight is 385 g/mol. The van der Waals surface area contributed by atoms with Gasteiger partial charge in [0.2, 0.25) is 0 Å². The molecule has 0 aliphatic rings. The summed E-state index contributed by atoms with van der Waals surface area (Å²) < 4.78 is 27.2. The number of nitrogens with zero attached hydrogens (tertiary/aromatic N) is 2. The Kier molecular flexibility index (Phi) is 4.52. The van der Waals surface area contributed by atoms with Gasteiger partial charge in [0.25, 0.3) is 15.7 Å². The van der Waals surface area contributed by atoms with E-state index in [-0.39, 0.29) is 10.6 Å². The van der Waals surface area contributed by atoms with Gasteiger partial charge in [0.05, 0.1) is 15.5 Å². The summed E-state index contributed by atoms with van der Waals surface area (Å²) in [5, 5.41) is 10.8. The SMILES string of the molecule is Cc1cc(N(C)S(=O)(=O)c2cccc([N+](=O)[O-])c2)ccc1Br. The summed E-state index contributed by atoms with van der Waals surface area (Å²) >= 11 is 3.36. The predicted molar refractivity (Wildman–Crippen MR) is 87.6 cm³/mol. The third-order valence-electron chi connectivity index (χ3n) is 3.19. The van der Waals surface area contributed by atoms with Crippen LogP contribution in [0.2, 0.25) is 0 Å². The molecule has 0 fully saturated rings. The molecule has 116 valence electrons. The number of anilines is 1. The van der Waals surface area contributed by atoms with Gasteiger partial charge in [0, 0.05) is 23.7 Å². The number of sulfonamides is 1. The van der Waals surface area contributed by atoms with Crippen molar-refractivity contribution in [1.82, 2.24) is 0 Å². The molecule has 0 N–H and O–H groups in total. The Balaban J connectivity index is 2.47. The van der Waals surface area contributed by atoms with E-state index in [0.29, 0.717) is 5.69 Å². The van der Waals surface area contributed by atoms with Crippen LogP contribution < -0.4 is 4.31 Å². The van der Waals surface area contributed by atoms with Crippen molar-refractivity contribution in [2.45, 2.75) is 11.8 Å². The van der Waals surface area contributed by atoms with E-state index < -0.39 is 14.9 Å². The highest BCUT2D eigenvalue weighted by atomic mass is 79.9. The number of halogens is 1. The summed E-state index contributed by atoms with van der Waals surface area (Å²) in [6, 6.07) is 10.1. The molecule has 0 aromatic heterocycles. The van der Waals surface area contributed by atoms with Gasteiger partial charge in [0.1, 0.15) is 0 Å². The van der Waals surface area contributed by atoms with Crippen molar-refractivity contribution in [2.75, 3.05) is 11.4 Å². The molecule has 22 heavy (non-hydrogen) atoms. The monoisotopic (exact) mass is 384 g/mol. The van der Waals surface area contributed by atoms with Crippen LogP contribution in [-0.4, -0.2) is 20.4 Å². The van der Waals surface area contributed by atoms with Crippen molar-refractivity contribution in [3.8, 4) is 0 Å². The lowest BCUT2D eigenvalue weighted by Crippen LogP contribution is -2.26. The van der Waals surface area contributed by atoms with E-state index >= 15 is 0 Å². The van der Waals surface area contributed by atoms with Crippen molar-refractivity contribution < 1.29 is 13.3 Å². The number of aryl methyl sites for hydroxylation is 1. The molecular formula is C14H13BrN2O4S. The largest absolute Gasteiger partial charge is 0.270 e. The summed E-state index contributed by atoms with van der Waals surface area (Å²) in [5.74, 6) is 0. The molecule has 0 aliphatic heterocycles. The molecular weight excluding hydrogens is 372 g/mol. The van der Waals surface area contributed by atoms with Crippen LogP contribution in [0.3, 0.4) is 0 Å². The Morgan fingerprint density at radius 3 is 2.45 bits per heavy atom. The lowest BCUT2D eigenvalue weighted by Gasteiger charge is -2.20. The molecule has 2 aromatic rings. The first-order valence-electron chi connectivity index (χ1n) is 6.23. The molecule has 0 amide bonds. The molecule has 0 unspecified atom stereocenters. The lowest BCUT2D eigenvalue weighted by atomic mass is 10.2. The quantitative estimate of drug-likeness (QED) is 0.596. The van der Waals surface area contributed by atoms with E-state index in [2.05, 4.69) is 15.9 Å². The minimum absolute atomic E-state index is 0.121. The van der Waals surface area contributed by atoms with Gasteiger partial charge in [-0.25, -0.2) is 8.42 Å². The van der Waals surface area contributed by atoms with Gasteiger partial charge in [-0.15, -0.1) is 0 Å². The average Bonchev–Trinajstić information content (AvgIpc) is 2.49. The van der Waals surface area contributed by atoms with Crippen molar-refractivity contribution in [1.29, 1.82) is 0 Å². The Bertz CT molecular complexity index is 836. The molecule has 0 bridgehead atoms. The second kappa shape index (κ2) is 6.05. The first-order chi connectivity index (χ1) is 10.2. The smallest absolute Gasteiger partial charge is 0.269 e. The van der Waals surface area contributed by atoms with Crippen molar-refractivity contribution in [3.05, 3.63) is 62.6 Å². The number of nitro benzene ring substituents is 1. The maximum Gasteiger partial charge on any atom is 0.270 e. The number of rotatable bonds is 4. The number of hydrogen-bond donors (Lipinski definition) is 0. The van der Waals surface area contributed by atoms with Crippen LogP contribution in [0.4, 0.5) is 11.4 Å². The minimum Gasteiger partial charge on any atom is -0.269 e. The van der Waals surface area contributed by atoms with Crippen molar-refractivity contribution in [2.24, 2.45) is 0 Å². The molecule has 0 aliphatic carbocycles. The zero-order valence-electron chi connectivity index (χ0n) is 11.9. The highest BCUT2D eigenvalue weighted by molar-refractivity contribution is 9.10. The van der Waals surface area contributed by atoms with Gasteiger partial charge in [-0.05, 0) is 36.8 Å². The molecule has 0 saturated heterocycles. The third kappa shape index (κ3) is 3.12. The normalized spacial score (nSPS) is 11.2. The van der Waals surface area contributed by atoms with Crippen molar-refractivity contribution in [3.63, 3.8) is 0 Å². The van der Waals surface area contributed by atoms with Gasteiger partial charge < -0.3 is 0 Å². The molecule has 2 aromatic carbocycles. The molecule has 0 heterocycles. The van der Waals surface area contributed by atoms with Crippen LogP contribution in [0.25, 0.3) is 0 Å². The summed E-state index contributed by atoms with van der Waals surface area (Å²) in [6.07, 6.45) is 0. The number of non-ortho nitro benzene ring substituents is 1. The number of hydrogen-bond acceptors (Lipinski definition) is 4. The maximum atomic E-state index is 12.6. The molecule has 0 radical (unpaired) electrons.